The van der Waals surface area contributed by atoms with Crippen LogP contribution >= 0.6 is 0 Å². The summed E-state index contributed by atoms with van der Waals surface area (Å²) in [7, 11) is 4.16. The minimum absolute atomic E-state index is 0.0238. The molecule has 168 valence electrons. The summed E-state index contributed by atoms with van der Waals surface area (Å²) in [4.78, 5) is 14.7. The molecule has 1 unspecified atom stereocenters. The minimum atomic E-state index is -0.201. The van der Waals surface area contributed by atoms with Gasteiger partial charge in [-0.15, -0.1) is 0 Å². The lowest BCUT2D eigenvalue weighted by Gasteiger charge is -2.24. The van der Waals surface area contributed by atoms with Crippen LogP contribution in [-0.2, 0) is 0 Å². The van der Waals surface area contributed by atoms with Gasteiger partial charge in [-0.2, -0.15) is 5.10 Å². The number of anilines is 2. The molecule has 1 fully saturated rings. The fourth-order valence-electron chi connectivity index (χ4n) is 4.34. The van der Waals surface area contributed by atoms with Crippen LogP contribution in [0.4, 0.5) is 11.4 Å². The average molecular weight is 440 g/mol. The summed E-state index contributed by atoms with van der Waals surface area (Å²) in [5.41, 5.74) is 4.78. The van der Waals surface area contributed by atoms with Crippen molar-refractivity contribution in [3.63, 3.8) is 0 Å². The van der Waals surface area contributed by atoms with E-state index >= 15 is 0 Å². The monoisotopic (exact) mass is 439 g/mol. The van der Waals surface area contributed by atoms with Gasteiger partial charge in [0.2, 0.25) is 0 Å². The zero-order valence-corrected chi connectivity index (χ0v) is 19.0. The van der Waals surface area contributed by atoms with Crippen molar-refractivity contribution >= 4 is 28.1 Å². The number of rotatable bonds is 8. The molecule has 1 atom stereocenters. The summed E-state index contributed by atoms with van der Waals surface area (Å²) in [5.74, 6) is 0.552. The average Bonchev–Trinajstić information content (AvgIpc) is 3.48. The van der Waals surface area contributed by atoms with Gasteiger partial charge in [0.1, 0.15) is 5.69 Å². The van der Waals surface area contributed by atoms with Crippen molar-refractivity contribution < 1.29 is 4.79 Å². The minimum Gasteiger partial charge on any atom is -0.377 e. The van der Waals surface area contributed by atoms with E-state index in [4.69, 9.17) is 0 Å². The van der Waals surface area contributed by atoms with E-state index in [2.05, 4.69) is 88.4 Å². The molecule has 0 aliphatic heterocycles. The zero-order chi connectivity index (χ0) is 22.8. The molecule has 6 nitrogen and oxygen atoms in total. The molecule has 0 bridgehead atoms. The number of fused-ring (bicyclic) bond motifs is 1. The molecule has 0 spiro atoms. The first-order valence-electron chi connectivity index (χ1n) is 11.4. The molecule has 1 heterocycles. The van der Waals surface area contributed by atoms with Crippen LogP contribution in [0.2, 0.25) is 0 Å². The molecule has 6 heteroatoms. The van der Waals surface area contributed by atoms with Crippen LogP contribution in [0, 0.1) is 5.92 Å². The Morgan fingerprint density at radius 3 is 2.61 bits per heavy atom. The van der Waals surface area contributed by atoms with Crippen molar-refractivity contribution in [2.75, 3.05) is 30.9 Å². The molecule has 1 aromatic heterocycles. The summed E-state index contributed by atoms with van der Waals surface area (Å²) in [5, 5.41) is 15.9. The molecule has 1 aliphatic rings. The van der Waals surface area contributed by atoms with Crippen LogP contribution in [0.15, 0.2) is 72.9 Å². The third-order valence-electron chi connectivity index (χ3n) is 6.26. The smallest absolute Gasteiger partial charge is 0.273 e. The lowest BCUT2D eigenvalue weighted by Crippen LogP contribution is -2.25. The lowest BCUT2D eigenvalue weighted by atomic mass is 9.92. The van der Waals surface area contributed by atoms with E-state index < -0.39 is 0 Å². The molecule has 4 aromatic rings. The van der Waals surface area contributed by atoms with Gasteiger partial charge in [0.25, 0.3) is 5.91 Å². The fourth-order valence-corrected chi connectivity index (χ4v) is 4.34. The Balaban J connectivity index is 1.53. The van der Waals surface area contributed by atoms with Crippen molar-refractivity contribution in [3.8, 4) is 0 Å². The van der Waals surface area contributed by atoms with Gasteiger partial charge in [0.15, 0.2) is 0 Å². The molecular weight excluding hydrogens is 410 g/mol. The second-order valence-electron chi connectivity index (χ2n) is 8.95. The zero-order valence-electron chi connectivity index (χ0n) is 19.0. The predicted octanol–water partition coefficient (Wildman–Crippen LogP) is 4.97. The summed E-state index contributed by atoms with van der Waals surface area (Å²) >= 11 is 0. The normalized spacial score (nSPS) is 14.2. The first kappa shape index (κ1) is 21.2. The van der Waals surface area contributed by atoms with Gasteiger partial charge in [-0.1, -0.05) is 42.5 Å². The van der Waals surface area contributed by atoms with Crippen LogP contribution in [0.1, 0.15) is 40.5 Å². The number of H-pyrrole nitrogens is 1. The molecule has 1 saturated carbocycles. The third kappa shape index (κ3) is 4.61. The molecule has 3 N–H and O–H groups in total. The quantitative estimate of drug-likeness (QED) is 0.362. The van der Waals surface area contributed by atoms with E-state index in [9.17, 15) is 4.79 Å². The van der Waals surface area contributed by atoms with Crippen LogP contribution < -0.4 is 15.5 Å². The van der Waals surface area contributed by atoms with Gasteiger partial charge >= 0.3 is 0 Å². The summed E-state index contributed by atoms with van der Waals surface area (Å²) in [6.45, 7) is 0.985. The summed E-state index contributed by atoms with van der Waals surface area (Å²) in [6.07, 6.45) is 4.16. The fraction of sp³-hybridized carbons (Fsp3) is 0.259. The highest BCUT2D eigenvalue weighted by atomic mass is 16.1. The van der Waals surface area contributed by atoms with Crippen LogP contribution in [0.5, 0.6) is 0 Å². The number of benzene rings is 3. The molecule has 33 heavy (non-hydrogen) atoms. The van der Waals surface area contributed by atoms with Crippen molar-refractivity contribution in [1.82, 2.24) is 15.5 Å². The Morgan fingerprint density at radius 2 is 1.88 bits per heavy atom. The van der Waals surface area contributed by atoms with Gasteiger partial charge in [-0.05, 0) is 66.1 Å². The summed E-state index contributed by atoms with van der Waals surface area (Å²) < 4.78 is 0. The highest BCUT2D eigenvalue weighted by molar-refractivity contribution is 6.02. The Labute approximate surface area is 194 Å². The van der Waals surface area contributed by atoms with Crippen LogP contribution in [0.3, 0.4) is 0 Å². The number of hydrogen-bond donors (Lipinski definition) is 3. The number of aromatic nitrogens is 2. The molecule has 3 aromatic carbocycles. The Morgan fingerprint density at radius 1 is 1.06 bits per heavy atom. The Bertz CT molecular complexity index is 1260. The van der Waals surface area contributed by atoms with Gasteiger partial charge < -0.3 is 15.5 Å². The van der Waals surface area contributed by atoms with E-state index in [0.717, 1.165) is 23.7 Å². The number of aromatic amines is 1. The predicted molar refractivity (Wildman–Crippen MR) is 134 cm³/mol. The van der Waals surface area contributed by atoms with Gasteiger partial charge in [-0.3, -0.25) is 9.89 Å². The largest absolute Gasteiger partial charge is 0.377 e. The lowest BCUT2D eigenvalue weighted by molar-refractivity contribution is 0.102. The first-order chi connectivity index (χ1) is 16.1. The second kappa shape index (κ2) is 9.08. The van der Waals surface area contributed by atoms with Gasteiger partial charge in [0, 0.05) is 37.1 Å². The van der Waals surface area contributed by atoms with E-state index in [-0.39, 0.29) is 11.9 Å². The standard InChI is InChI=1S/C27H29N5O/c1-32(2)25-13-12-23(21-8-3-4-9-22(21)25)26(28-17-18-10-11-18)19-6-5-7-20(16-19)30-27(33)24-14-15-29-31-24/h3-9,12-16,18,26,28H,10-11,17H2,1-2H3,(H,29,31)(H,30,33). The number of carbonyl (C=O) groups excluding carboxylic acids is 1. The van der Waals surface area contributed by atoms with Crippen molar-refractivity contribution in [1.29, 1.82) is 0 Å². The van der Waals surface area contributed by atoms with Crippen LogP contribution in [0.25, 0.3) is 10.8 Å². The Kier molecular flexibility index (Phi) is 5.84. The molecule has 1 amide bonds. The van der Waals surface area contributed by atoms with Crippen LogP contribution in [-0.4, -0.2) is 36.7 Å². The molecule has 0 radical (unpaired) electrons. The number of hydrogen-bond acceptors (Lipinski definition) is 4. The van der Waals surface area contributed by atoms with Gasteiger partial charge in [0.05, 0.1) is 6.04 Å². The number of amides is 1. The second-order valence-corrected chi connectivity index (χ2v) is 8.95. The topological polar surface area (TPSA) is 73.0 Å². The molecule has 0 saturated heterocycles. The molecular formula is C27H29N5O. The third-order valence-corrected chi connectivity index (χ3v) is 6.26. The van der Waals surface area contributed by atoms with Crippen molar-refractivity contribution in [2.45, 2.75) is 18.9 Å². The molecule has 1 aliphatic carbocycles. The maximum absolute atomic E-state index is 12.5. The van der Waals surface area contributed by atoms with E-state index in [1.807, 2.05) is 12.1 Å². The van der Waals surface area contributed by atoms with Gasteiger partial charge in [-0.25, -0.2) is 0 Å². The number of nitrogens with zero attached hydrogens (tertiary/aromatic N) is 2. The van der Waals surface area contributed by atoms with Crippen molar-refractivity contribution in [2.24, 2.45) is 5.92 Å². The van der Waals surface area contributed by atoms with E-state index in [1.54, 1.807) is 12.3 Å². The maximum Gasteiger partial charge on any atom is 0.273 e. The van der Waals surface area contributed by atoms with E-state index in [0.29, 0.717) is 5.69 Å². The Hall–Kier alpha value is -3.64. The number of carbonyl (C=O) groups is 1. The maximum atomic E-state index is 12.5. The van der Waals surface area contributed by atoms with E-state index in [1.165, 1.54) is 34.9 Å². The highest BCUT2D eigenvalue weighted by Gasteiger charge is 2.25. The van der Waals surface area contributed by atoms with Crippen molar-refractivity contribution in [3.05, 3.63) is 89.7 Å². The number of nitrogens with one attached hydrogen (secondary N) is 3. The highest BCUT2D eigenvalue weighted by Crippen LogP contribution is 2.36. The molecule has 5 rings (SSSR count). The summed E-state index contributed by atoms with van der Waals surface area (Å²) in [6, 6.07) is 22.8. The SMILES string of the molecule is CN(C)c1ccc(C(NCC2CC2)c2cccc(NC(=O)c3ccn[nH]3)c2)c2ccccc12. The first-order valence-corrected chi connectivity index (χ1v) is 11.4.